The fourth-order valence-corrected chi connectivity index (χ4v) is 3.06. The van der Waals surface area contributed by atoms with Gasteiger partial charge in [0.1, 0.15) is 16.5 Å². The van der Waals surface area contributed by atoms with Crippen molar-refractivity contribution in [3.05, 3.63) is 53.8 Å². The smallest absolute Gasteiger partial charge is 0.337 e. The quantitative estimate of drug-likeness (QED) is 0.846. The zero-order chi connectivity index (χ0) is 17.0. The molecule has 0 unspecified atom stereocenters. The minimum absolute atomic E-state index is 0.0747. The van der Waals surface area contributed by atoms with E-state index in [1.165, 1.54) is 13.2 Å². The maximum absolute atomic E-state index is 13.9. The maximum Gasteiger partial charge on any atom is 0.337 e. The van der Waals surface area contributed by atoms with Crippen LogP contribution in [0.4, 0.5) is 10.1 Å². The molecule has 0 saturated heterocycles. The molecule has 0 aromatic heterocycles. The van der Waals surface area contributed by atoms with Gasteiger partial charge in [0.15, 0.2) is 0 Å². The van der Waals surface area contributed by atoms with E-state index in [0.29, 0.717) is 0 Å². The summed E-state index contributed by atoms with van der Waals surface area (Å²) in [5.74, 6) is -1.47. The Bertz CT molecular complexity index is 836. The standard InChI is InChI=1S/C15H14FNO5S/c1-21-13-6-4-3-5-12(13)17-23(19,20)14-9-10(15(18)22-2)7-8-11(14)16/h3-9,17H,1-2H3. The number of ether oxygens (including phenoxy) is 2. The topological polar surface area (TPSA) is 81.7 Å². The second-order valence-corrected chi connectivity index (χ2v) is 6.09. The summed E-state index contributed by atoms with van der Waals surface area (Å²) >= 11 is 0. The molecule has 2 aromatic carbocycles. The Morgan fingerprint density at radius 2 is 1.83 bits per heavy atom. The van der Waals surface area contributed by atoms with E-state index in [0.717, 1.165) is 25.3 Å². The van der Waals surface area contributed by atoms with Crippen LogP contribution in [0.15, 0.2) is 47.4 Å². The number of benzene rings is 2. The second-order valence-electron chi connectivity index (χ2n) is 4.44. The number of hydrogen-bond acceptors (Lipinski definition) is 5. The van der Waals surface area contributed by atoms with Gasteiger partial charge in [-0.3, -0.25) is 4.72 Å². The molecule has 0 radical (unpaired) electrons. The summed E-state index contributed by atoms with van der Waals surface area (Å²) in [7, 11) is -1.73. The molecular weight excluding hydrogens is 325 g/mol. The summed E-state index contributed by atoms with van der Waals surface area (Å²) in [4.78, 5) is 10.8. The third-order valence-corrected chi connectivity index (χ3v) is 4.37. The van der Waals surface area contributed by atoms with Gasteiger partial charge in [-0.05, 0) is 30.3 Å². The summed E-state index contributed by atoms with van der Waals surface area (Å²) in [5.41, 5.74) is 0.0761. The van der Waals surface area contributed by atoms with E-state index in [9.17, 15) is 17.6 Å². The molecule has 6 nitrogen and oxygen atoms in total. The van der Waals surface area contributed by atoms with Gasteiger partial charge in [0.2, 0.25) is 0 Å². The first kappa shape index (κ1) is 16.8. The van der Waals surface area contributed by atoms with Crippen LogP contribution in [0, 0.1) is 5.82 Å². The van der Waals surface area contributed by atoms with E-state index < -0.39 is 26.7 Å². The van der Waals surface area contributed by atoms with Crippen molar-refractivity contribution in [1.82, 2.24) is 0 Å². The lowest BCUT2D eigenvalue weighted by atomic mass is 10.2. The first-order chi connectivity index (χ1) is 10.9. The lowest BCUT2D eigenvalue weighted by Gasteiger charge is -2.12. The normalized spacial score (nSPS) is 10.9. The highest BCUT2D eigenvalue weighted by molar-refractivity contribution is 7.92. The van der Waals surface area contributed by atoms with Crippen LogP contribution < -0.4 is 9.46 Å². The van der Waals surface area contributed by atoms with Gasteiger partial charge in [-0.2, -0.15) is 0 Å². The van der Waals surface area contributed by atoms with Crippen LogP contribution in [-0.4, -0.2) is 28.6 Å². The summed E-state index contributed by atoms with van der Waals surface area (Å²) in [6.45, 7) is 0. The van der Waals surface area contributed by atoms with Gasteiger partial charge in [-0.25, -0.2) is 17.6 Å². The third-order valence-electron chi connectivity index (χ3n) is 2.99. The Balaban J connectivity index is 2.45. The number of esters is 1. The number of rotatable bonds is 5. The van der Waals surface area contributed by atoms with Crippen LogP contribution in [0.2, 0.25) is 0 Å². The van der Waals surface area contributed by atoms with E-state index in [1.807, 2.05) is 0 Å². The van der Waals surface area contributed by atoms with E-state index in [2.05, 4.69) is 9.46 Å². The molecule has 0 bridgehead atoms. The average Bonchev–Trinajstić information content (AvgIpc) is 2.54. The number of methoxy groups -OCH3 is 2. The molecule has 0 heterocycles. The second kappa shape index (κ2) is 6.66. The Morgan fingerprint density at radius 3 is 2.48 bits per heavy atom. The monoisotopic (exact) mass is 339 g/mol. The van der Waals surface area contributed by atoms with Crippen molar-refractivity contribution in [2.45, 2.75) is 4.90 Å². The molecule has 0 saturated carbocycles. The zero-order valence-electron chi connectivity index (χ0n) is 12.4. The van der Waals surface area contributed by atoms with E-state index in [1.54, 1.807) is 18.2 Å². The number of nitrogens with one attached hydrogen (secondary N) is 1. The molecule has 1 N–H and O–H groups in total. The van der Waals surface area contributed by atoms with Gasteiger partial charge < -0.3 is 9.47 Å². The highest BCUT2D eigenvalue weighted by atomic mass is 32.2. The predicted molar refractivity (Wildman–Crippen MR) is 81.5 cm³/mol. The van der Waals surface area contributed by atoms with E-state index >= 15 is 0 Å². The van der Waals surface area contributed by atoms with Crippen molar-refractivity contribution in [3.63, 3.8) is 0 Å². The predicted octanol–water partition coefficient (Wildman–Crippen LogP) is 2.42. The largest absolute Gasteiger partial charge is 0.495 e. The highest BCUT2D eigenvalue weighted by Gasteiger charge is 2.22. The Morgan fingerprint density at radius 1 is 1.13 bits per heavy atom. The van der Waals surface area contributed by atoms with Gasteiger partial charge in [0, 0.05) is 0 Å². The van der Waals surface area contributed by atoms with Gasteiger partial charge in [0.25, 0.3) is 10.0 Å². The lowest BCUT2D eigenvalue weighted by molar-refractivity contribution is 0.0600. The number of sulfonamides is 1. The van der Waals surface area contributed by atoms with Crippen molar-refractivity contribution in [3.8, 4) is 5.75 Å². The first-order valence-electron chi connectivity index (χ1n) is 6.42. The fourth-order valence-electron chi connectivity index (χ4n) is 1.88. The minimum Gasteiger partial charge on any atom is -0.495 e. The molecule has 2 aromatic rings. The first-order valence-corrected chi connectivity index (χ1v) is 7.91. The number of hydrogen-bond donors (Lipinski definition) is 1. The summed E-state index contributed by atoms with van der Waals surface area (Å²) in [6, 6.07) is 9.24. The summed E-state index contributed by atoms with van der Waals surface area (Å²) in [6.07, 6.45) is 0. The van der Waals surface area contributed by atoms with Crippen LogP contribution in [0.5, 0.6) is 5.75 Å². The van der Waals surface area contributed by atoms with Crippen LogP contribution in [0.3, 0.4) is 0 Å². The van der Waals surface area contributed by atoms with Crippen LogP contribution in [0.25, 0.3) is 0 Å². The number of para-hydroxylation sites is 2. The Hall–Kier alpha value is -2.61. The SMILES string of the molecule is COC(=O)c1ccc(F)c(S(=O)(=O)Nc2ccccc2OC)c1. The maximum atomic E-state index is 13.9. The Labute approximate surface area is 132 Å². The van der Waals surface area contributed by atoms with Gasteiger partial charge >= 0.3 is 5.97 Å². The summed E-state index contributed by atoms with van der Waals surface area (Å²) < 4.78 is 50.5. The van der Waals surface area contributed by atoms with Gasteiger partial charge in [-0.15, -0.1) is 0 Å². The molecule has 0 aliphatic carbocycles. The van der Waals surface area contributed by atoms with Crippen LogP contribution in [0.1, 0.15) is 10.4 Å². The lowest BCUT2D eigenvalue weighted by Crippen LogP contribution is -2.16. The van der Waals surface area contributed by atoms with Crippen molar-refractivity contribution in [2.24, 2.45) is 0 Å². The zero-order valence-corrected chi connectivity index (χ0v) is 13.2. The fraction of sp³-hybridized carbons (Fsp3) is 0.133. The molecule has 8 heteroatoms. The highest BCUT2D eigenvalue weighted by Crippen LogP contribution is 2.27. The van der Waals surface area contributed by atoms with Crippen molar-refractivity contribution in [1.29, 1.82) is 0 Å². The number of halogens is 1. The van der Waals surface area contributed by atoms with Crippen molar-refractivity contribution < 1.29 is 27.1 Å². The molecular formula is C15H14FNO5S. The number of carbonyl (C=O) groups excluding carboxylic acids is 1. The van der Waals surface area contributed by atoms with E-state index in [4.69, 9.17) is 4.74 Å². The van der Waals surface area contributed by atoms with E-state index in [-0.39, 0.29) is 17.0 Å². The van der Waals surface area contributed by atoms with Gasteiger partial charge in [0.05, 0.1) is 25.5 Å². The number of carbonyl (C=O) groups is 1. The van der Waals surface area contributed by atoms with Crippen LogP contribution >= 0.6 is 0 Å². The third kappa shape index (κ3) is 3.59. The molecule has 122 valence electrons. The van der Waals surface area contributed by atoms with Crippen molar-refractivity contribution >= 4 is 21.7 Å². The molecule has 23 heavy (non-hydrogen) atoms. The minimum atomic E-state index is -4.25. The summed E-state index contributed by atoms with van der Waals surface area (Å²) in [5, 5.41) is 0. The van der Waals surface area contributed by atoms with Crippen molar-refractivity contribution in [2.75, 3.05) is 18.9 Å². The molecule has 0 amide bonds. The molecule has 0 atom stereocenters. The molecule has 0 spiro atoms. The molecule has 2 rings (SSSR count). The van der Waals surface area contributed by atoms with Crippen LogP contribution in [-0.2, 0) is 14.8 Å². The molecule has 0 fully saturated rings. The Kier molecular flexibility index (Phi) is 4.85. The average molecular weight is 339 g/mol. The number of anilines is 1. The molecule has 0 aliphatic rings. The van der Waals surface area contributed by atoms with Gasteiger partial charge in [-0.1, -0.05) is 12.1 Å². The molecule has 0 aliphatic heterocycles.